The Labute approximate surface area is 277 Å². The topological polar surface area (TPSA) is 144 Å². The molecular weight excluding hydrogens is 592 g/mol. The first kappa shape index (κ1) is 41.5. The maximum atomic E-state index is 13.6. The minimum absolute atomic E-state index is 0.0180. The first-order valence-electron chi connectivity index (χ1n) is 16.6. The van der Waals surface area contributed by atoms with Gasteiger partial charge in [-0.1, -0.05) is 41.0 Å². The van der Waals surface area contributed by atoms with Gasteiger partial charge in [0.25, 0.3) is 0 Å². The number of ether oxygens (including phenoxy) is 3. The summed E-state index contributed by atoms with van der Waals surface area (Å²) in [4.78, 5) is 67.7. The zero-order chi connectivity index (χ0) is 35.4. The van der Waals surface area contributed by atoms with Crippen LogP contribution in [0.2, 0.25) is 0 Å². The SMILES string of the molecule is CCC(C)C(C(CC(=O)N1CCCC1C(OC)C(C)C=O)OC)N(C)C(=O)CNC(=O)C(C)(C)NC(=O)CC(C)(C)OCC(C)C. The molecule has 0 bridgehead atoms. The van der Waals surface area contributed by atoms with Gasteiger partial charge in [-0.05, 0) is 52.4 Å². The second kappa shape index (κ2) is 18.7. The van der Waals surface area contributed by atoms with Gasteiger partial charge in [0.05, 0.1) is 49.3 Å². The van der Waals surface area contributed by atoms with Crippen LogP contribution in [0.5, 0.6) is 0 Å². The van der Waals surface area contributed by atoms with E-state index in [9.17, 15) is 24.0 Å². The van der Waals surface area contributed by atoms with E-state index in [1.165, 1.54) is 7.11 Å². The highest BCUT2D eigenvalue weighted by Gasteiger charge is 2.41. The van der Waals surface area contributed by atoms with Gasteiger partial charge in [-0.2, -0.15) is 0 Å². The Balaban J connectivity index is 2.94. The zero-order valence-corrected chi connectivity index (χ0v) is 30.4. The van der Waals surface area contributed by atoms with Gasteiger partial charge in [0.2, 0.25) is 23.6 Å². The van der Waals surface area contributed by atoms with Crippen LogP contribution >= 0.6 is 0 Å². The van der Waals surface area contributed by atoms with E-state index in [0.717, 1.165) is 25.5 Å². The van der Waals surface area contributed by atoms with Gasteiger partial charge in [0, 0.05) is 40.3 Å². The molecule has 4 amide bonds. The molecule has 1 aliphatic heterocycles. The van der Waals surface area contributed by atoms with Crippen LogP contribution in [-0.4, -0.2) is 116 Å². The first-order valence-corrected chi connectivity index (χ1v) is 16.6. The van der Waals surface area contributed by atoms with Gasteiger partial charge in [0.15, 0.2) is 0 Å². The fraction of sp³-hybridized carbons (Fsp3) is 0.853. The van der Waals surface area contributed by atoms with Gasteiger partial charge in [0.1, 0.15) is 11.8 Å². The third-order valence-electron chi connectivity index (χ3n) is 8.94. The molecule has 0 aromatic rings. The molecule has 46 heavy (non-hydrogen) atoms. The van der Waals surface area contributed by atoms with Gasteiger partial charge < -0.3 is 39.4 Å². The summed E-state index contributed by atoms with van der Waals surface area (Å²) in [7, 11) is 4.74. The van der Waals surface area contributed by atoms with E-state index in [-0.39, 0.29) is 55.0 Å². The molecule has 12 nitrogen and oxygen atoms in total. The smallest absolute Gasteiger partial charge is 0.245 e. The van der Waals surface area contributed by atoms with Crippen LogP contribution in [0.25, 0.3) is 0 Å². The molecule has 0 saturated carbocycles. The van der Waals surface area contributed by atoms with Crippen molar-refractivity contribution in [3.05, 3.63) is 0 Å². The third-order valence-corrected chi connectivity index (χ3v) is 8.94. The Hall–Kier alpha value is -2.57. The summed E-state index contributed by atoms with van der Waals surface area (Å²) in [6.45, 7) is 17.5. The summed E-state index contributed by atoms with van der Waals surface area (Å²) in [5.74, 6) is -1.36. The van der Waals surface area contributed by atoms with Crippen molar-refractivity contribution in [3.63, 3.8) is 0 Å². The van der Waals surface area contributed by atoms with Crippen molar-refractivity contribution >= 4 is 29.9 Å². The van der Waals surface area contributed by atoms with Crippen LogP contribution in [-0.2, 0) is 38.2 Å². The summed E-state index contributed by atoms with van der Waals surface area (Å²) in [5.41, 5.74) is -1.96. The van der Waals surface area contributed by atoms with Gasteiger partial charge in [-0.25, -0.2) is 0 Å². The summed E-state index contributed by atoms with van der Waals surface area (Å²) < 4.78 is 17.3. The minimum Gasteiger partial charge on any atom is -0.379 e. The summed E-state index contributed by atoms with van der Waals surface area (Å²) in [5, 5.41) is 5.43. The molecule has 0 spiro atoms. The molecule has 6 unspecified atom stereocenters. The number of rotatable bonds is 20. The van der Waals surface area contributed by atoms with E-state index in [0.29, 0.717) is 19.1 Å². The number of amides is 4. The molecule has 266 valence electrons. The zero-order valence-electron chi connectivity index (χ0n) is 30.4. The Morgan fingerprint density at radius 3 is 2.20 bits per heavy atom. The van der Waals surface area contributed by atoms with E-state index in [2.05, 4.69) is 10.6 Å². The number of nitrogens with zero attached hydrogens (tertiary/aromatic N) is 2. The van der Waals surface area contributed by atoms with E-state index >= 15 is 0 Å². The largest absolute Gasteiger partial charge is 0.379 e. The van der Waals surface area contributed by atoms with E-state index < -0.39 is 35.3 Å². The molecule has 1 fully saturated rings. The monoisotopic (exact) mass is 654 g/mol. The highest BCUT2D eigenvalue weighted by molar-refractivity contribution is 5.93. The number of aldehydes is 1. The molecule has 0 radical (unpaired) electrons. The predicted octanol–water partition coefficient (Wildman–Crippen LogP) is 2.96. The van der Waals surface area contributed by atoms with Crippen molar-refractivity contribution in [1.29, 1.82) is 0 Å². The first-order chi connectivity index (χ1) is 21.3. The van der Waals surface area contributed by atoms with E-state index in [4.69, 9.17) is 14.2 Å². The lowest BCUT2D eigenvalue weighted by Crippen LogP contribution is -2.58. The number of hydrogen-bond donors (Lipinski definition) is 2. The van der Waals surface area contributed by atoms with E-state index in [1.807, 2.05) is 41.5 Å². The van der Waals surface area contributed by atoms with Crippen molar-refractivity contribution in [2.45, 2.75) is 130 Å². The van der Waals surface area contributed by atoms with Gasteiger partial charge in [-0.15, -0.1) is 0 Å². The van der Waals surface area contributed by atoms with Crippen LogP contribution in [0.15, 0.2) is 0 Å². The summed E-state index contributed by atoms with van der Waals surface area (Å²) in [6, 6.07) is -0.661. The van der Waals surface area contributed by atoms with Crippen molar-refractivity contribution in [3.8, 4) is 0 Å². The third kappa shape index (κ3) is 12.2. The number of carbonyl (C=O) groups excluding carboxylic acids is 5. The molecule has 0 aromatic heterocycles. The molecule has 0 aromatic carbocycles. The van der Waals surface area contributed by atoms with Crippen LogP contribution in [0.1, 0.15) is 94.4 Å². The minimum atomic E-state index is -1.27. The molecule has 1 rings (SSSR count). The average Bonchev–Trinajstić information content (AvgIpc) is 3.47. The van der Waals surface area contributed by atoms with Crippen LogP contribution in [0, 0.1) is 17.8 Å². The second-order valence-corrected chi connectivity index (χ2v) is 14.3. The fourth-order valence-electron chi connectivity index (χ4n) is 6.06. The normalized spacial score (nSPS) is 18.8. The highest BCUT2D eigenvalue weighted by atomic mass is 16.5. The quantitative estimate of drug-likeness (QED) is 0.191. The highest BCUT2D eigenvalue weighted by Crippen LogP contribution is 2.28. The lowest BCUT2D eigenvalue weighted by molar-refractivity contribution is -0.145. The lowest BCUT2D eigenvalue weighted by Gasteiger charge is -2.39. The summed E-state index contributed by atoms with van der Waals surface area (Å²) in [6.07, 6.45) is 2.26. The van der Waals surface area contributed by atoms with Crippen LogP contribution < -0.4 is 10.6 Å². The van der Waals surface area contributed by atoms with Crippen molar-refractivity contribution in [2.75, 3.05) is 41.0 Å². The number of nitrogens with one attached hydrogen (secondary N) is 2. The van der Waals surface area contributed by atoms with Gasteiger partial charge >= 0.3 is 0 Å². The molecule has 0 aliphatic carbocycles. The van der Waals surface area contributed by atoms with Crippen LogP contribution in [0.3, 0.4) is 0 Å². The maximum Gasteiger partial charge on any atom is 0.245 e. The molecule has 1 heterocycles. The predicted molar refractivity (Wildman–Crippen MR) is 177 cm³/mol. The summed E-state index contributed by atoms with van der Waals surface area (Å²) >= 11 is 0. The molecule has 1 saturated heterocycles. The fourth-order valence-corrected chi connectivity index (χ4v) is 6.06. The standard InChI is InChI=1S/C34H62N4O8/c1-13-23(4)30(26(44-11)17-28(41)38-16-14-15-25(38)31(45-12)24(5)20-39)37(10)29(42)19-35-32(43)34(8,9)36-27(40)18-33(6,7)46-21-22(2)3/h20,22-26,30-31H,13-19,21H2,1-12H3,(H,35,43)(H,36,40). The number of methoxy groups -OCH3 is 2. The average molecular weight is 655 g/mol. The Morgan fingerprint density at radius 2 is 1.67 bits per heavy atom. The molecule has 6 atom stereocenters. The molecule has 12 heteroatoms. The number of hydrogen-bond acceptors (Lipinski definition) is 8. The number of likely N-dealkylation sites (N-methyl/N-ethyl adjacent to an activating group) is 1. The van der Waals surface area contributed by atoms with Crippen molar-refractivity contribution in [1.82, 2.24) is 20.4 Å². The Kier molecular flexibility index (Phi) is 16.8. The second-order valence-electron chi connectivity index (χ2n) is 14.3. The number of carbonyl (C=O) groups is 5. The van der Waals surface area contributed by atoms with Gasteiger partial charge in [-0.3, -0.25) is 19.2 Å². The lowest BCUT2D eigenvalue weighted by atomic mass is 9.90. The van der Waals surface area contributed by atoms with Crippen LogP contribution in [0.4, 0.5) is 0 Å². The Bertz CT molecular complexity index is 1020. The Morgan fingerprint density at radius 1 is 1.04 bits per heavy atom. The number of likely N-dealkylation sites (tertiary alicyclic amines) is 1. The maximum absolute atomic E-state index is 13.6. The molecular formula is C34H62N4O8. The van der Waals surface area contributed by atoms with Crippen molar-refractivity contribution in [2.24, 2.45) is 17.8 Å². The van der Waals surface area contributed by atoms with E-state index in [1.54, 1.807) is 44.7 Å². The van der Waals surface area contributed by atoms with Crippen molar-refractivity contribution < 1.29 is 38.2 Å². The molecule has 2 N–H and O–H groups in total. The molecule has 1 aliphatic rings.